The summed E-state index contributed by atoms with van der Waals surface area (Å²) >= 11 is 0. The van der Waals surface area contributed by atoms with Gasteiger partial charge in [-0.05, 0) is 31.3 Å². The van der Waals surface area contributed by atoms with Crippen LogP contribution in [0.25, 0.3) is 0 Å². The highest BCUT2D eigenvalue weighted by atomic mass is 16.5. The first-order chi connectivity index (χ1) is 7.72. The summed E-state index contributed by atoms with van der Waals surface area (Å²) in [6, 6.07) is 0. The molecule has 0 radical (unpaired) electrons. The van der Waals surface area contributed by atoms with E-state index in [2.05, 4.69) is 4.74 Å². The number of unbranched alkanes of at least 4 members (excludes halogenated alkanes) is 2. The van der Waals surface area contributed by atoms with Crippen LogP contribution in [0.2, 0.25) is 0 Å². The van der Waals surface area contributed by atoms with Crippen LogP contribution in [0, 0.1) is 0 Å². The Morgan fingerprint density at radius 2 is 2.38 bits per heavy atom. The van der Waals surface area contributed by atoms with Crippen molar-refractivity contribution < 1.29 is 19.1 Å². The molecule has 0 spiro atoms. The summed E-state index contributed by atoms with van der Waals surface area (Å²) in [5, 5.41) is 0. The van der Waals surface area contributed by atoms with Gasteiger partial charge in [-0.2, -0.15) is 0 Å². The molecule has 1 aliphatic rings. The van der Waals surface area contributed by atoms with E-state index in [-0.39, 0.29) is 11.9 Å². The highest BCUT2D eigenvalue weighted by molar-refractivity contribution is 5.85. The number of carbonyl (C=O) groups excluding carboxylic acids is 2. The lowest BCUT2D eigenvalue weighted by atomic mass is 10.1. The normalized spacial score (nSPS) is 15.1. The summed E-state index contributed by atoms with van der Waals surface area (Å²) in [7, 11) is 1.36. The second-order valence-electron chi connectivity index (χ2n) is 3.58. The summed E-state index contributed by atoms with van der Waals surface area (Å²) in [4.78, 5) is 21.5. The number of cyclic esters (lactones) is 1. The quantitative estimate of drug-likeness (QED) is 0.392. The highest BCUT2D eigenvalue weighted by Crippen LogP contribution is 2.14. The maximum atomic E-state index is 10.7. The fourth-order valence-corrected chi connectivity index (χ4v) is 1.42. The fourth-order valence-electron chi connectivity index (χ4n) is 1.42. The summed E-state index contributed by atoms with van der Waals surface area (Å²) in [5.41, 5.74) is 1.06. The molecule has 1 aliphatic heterocycles. The summed E-state index contributed by atoms with van der Waals surface area (Å²) < 4.78 is 9.24. The average molecular weight is 224 g/mol. The molecule has 0 aromatic heterocycles. The number of methoxy groups -OCH3 is 1. The van der Waals surface area contributed by atoms with Gasteiger partial charge in [-0.1, -0.05) is 6.08 Å². The molecule has 0 aliphatic carbocycles. The minimum absolute atomic E-state index is 0.236. The zero-order valence-electron chi connectivity index (χ0n) is 9.40. The number of rotatable bonds is 6. The monoisotopic (exact) mass is 224 g/mol. The Morgan fingerprint density at radius 3 is 3.00 bits per heavy atom. The Bertz CT molecular complexity index is 315. The predicted octanol–water partition coefficient (Wildman–Crippen LogP) is 1.76. The van der Waals surface area contributed by atoms with E-state index in [4.69, 9.17) is 4.74 Å². The number of hydrogen-bond donors (Lipinski definition) is 0. The van der Waals surface area contributed by atoms with Gasteiger partial charge < -0.3 is 9.47 Å². The Hall–Kier alpha value is -1.58. The molecule has 0 amide bonds. The molecule has 0 N–H and O–H groups in total. The van der Waals surface area contributed by atoms with Crippen molar-refractivity contribution in [2.24, 2.45) is 0 Å². The van der Waals surface area contributed by atoms with Crippen LogP contribution in [0.4, 0.5) is 0 Å². The topological polar surface area (TPSA) is 52.6 Å². The predicted molar refractivity (Wildman–Crippen MR) is 58.7 cm³/mol. The second-order valence-corrected chi connectivity index (χ2v) is 3.58. The maximum Gasteiger partial charge on any atom is 0.331 e. The van der Waals surface area contributed by atoms with Gasteiger partial charge in [-0.3, -0.25) is 0 Å². The minimum Gasteiger partial charge on any atom is -0.466 e. The van der Waals surface area contributed by atoms with Crippen molar-refractivity contribution in [2.45, 2.75) is 25.7 Å². The maximum absolute atomic E-state index is 10.7. The van der Waals surface area contributed by atoms with Crippen molar-refractivity contribution in [3.05, 3.63) is 23.8 Å². The first-order valence-electron chi connectivity index (χ1n) is 5.33. The van der Waals surface area contributed by atoms with E-state index < -0.39 is 0 Å². The molecule has 0 atom stereocenters. The Kier molecular flexibility index (Phi) is 5.32. The molecule has 0 saturated heterocycles. The third-order valence-corrected chi connectivity index (χ3v) is 2.30. The summed E-state index contributed by atoms with van der Waals surface area (Å²) in [5.74, 6) is -0.557. The van der Waals surface area contributed by atoms with E-state index >= 15 is 0 Å². The van der Waals surface area contributed by atoms with Gasteiger partial charge in [-0.15, -0.1) is 0 Å². The van der Waals surface area contributed by atoms with Crippen LogP contribution in [0.5, 0.6) is 0 Å². The van der Waals surface area contributed by atoms with Crippen LogP contribution in [-0.4, -0.2) is 25.7 Å². The molecule has 0 fully saturated rings. The fraction of sp³-hybridized carbons (Fsp3) is 0.500. The average Bonchev–Trinajstić information content (AvgIpc) is 2.69. The number of allylic oxidation sites excluding steroid dienone is 1. The first-order valence-corrected chi connectivity index (χ1v) is 5.33. The van der Waals surface area contributed by atoms with Crippen molar-refractivity contribution in [1.82, 2.24) is 0 Å². The van der Waals surface area contributed by atoms with Crippen LogP contribution >= 0.6 is 0 Å². The lowest BCUT2D eigenvalue weighted by Gasteiger charge is -1.98. The van der Waals surface area contributed by atoms with Crippen molar-refractivity contribution in [3.63, 3.8) is 0 Å². The van der Waals surface area contributed by atoms with Gasteiger partial charge in [-0.25, -0.2) is 9.59 Å². The zero-order valence-corrected chi connectivity index (χ0v) is 9.40. The van der Waals surface area contributed by atoms with Crippen LogP contribution < -0.4 is 0 Å². The molecule has 88 valence electrons. The molecule has 0 unspecified atom stereocenters. The van der Waals surface area contributed by atoms with Crippen LogP contribution in [-0.2, 0) is 19.1 Å². The molecule has 1 rings (SSSR count). The molecule has 0 saturated carbocycles. The van der Waals surface area contributed by atoms with Crippen LogP contribution in [0.15, 0.2) is 23.8 Å². The summed E-state index contributed by atoms with van der Waals surface area (Å²) in [6.07, 6.45) is 8.50. The number of carbonyl (C=O) groups is 2. The largest absolute Gasteiger partial charge is 0.466 e. The van der Waals surface area contributed by atoms with Gasteiger partial charge in [0.25, 0.3) is 0 Å². The van der Waals surface area contributed by atoms with Crippen molar-refractivity contribution in [2.75, 3.05) is 13.7 Å². The van der Waals surface area contributed by atoms with Gasteiger partial charge in [0.05, 0.1) is 7.11 Å². The van der Waals surface area contributed by atoms with E-state index in [1.165, 1.54) is 13.2 Å². The van der Waals surface area contributed by atoms with E-state index in [9.17, 15) is 9.59 Å². The van der Waals surface area contributed by atoms with Gasteiger partial charge in [0, 0.05) is 12.2 Å². The van der Waals surface area contributed by atoms with Gasteiger partial charge in [0.1, 0.15) is 6.61 Å². The molecule has 0 aromatic carbocycles. The molecule has 0 aromatic rings. The van der Waals surface area contributed by atoms with Crippen molar-refractivity contribution >= 4 is 11.9 Å². The smallest absolute Gasteiger partial charge is 0.331 e. The second kappa shape index (κ2) is 6.82. The van der Waals surface area contributed by atoms with E-state index in [1.807, 2.05) is 0 Å². The Morgan fingerprint density at radius 1 is 1.56 bits per heavy atom. The lowest BCUT2D eigenvalue weighted by molar-refractivity contribution is -0.135. The van der Waals surface area contributed by atoms with Crippen molar-refractivity contribution in [1.29, 1.82) is 0 Å². The van der Waals surface area contributed by atoms with Gasteiger partial charge in [0.2, 0.25) is 0 Å². The molecular weight excluding hydrogens is 208 g/mol. The number of esters is 2. The number of hydrogen-bond acceptors (Lipinski definition) is 4. The zero-order chi connectivity index (χ0) is 11.8. The molecule has 4 heteroatoms. The number of ether oxygens (including phenoxy) is 2. The molecule has 1 heterocycles. The van der Waals surface area contributed by atoms with Crippen molar-refractivity contribution in [3.8, 4) is 0 Å². The Balaban J connectivity index is 2.04. The SMILES string of the molecule is COC(=O)/C=C\CCCCC1=CC(=O)OC1. The molecule has 0 bridgehead atoms. The Labute approximate surface area is 94.9 Å². The van der Waals surface area contributed by atoms with E-state index in [1.54, 1.807) is 12.2 Å². The third-order valence-electron chi connectivity index (χ3n) is 2.30. The minimum atomic E-state index is -0.322. The summed E-state index contributed by atoms with van der Waals surface area (Å²) in [6.45, 7) is 0.441. The van der Waals surface area contributed by atoms with Gasteiger partial charge >= 0.3 is 11.9 Å². The van der Waals surface area contributed by atoms with Crippen LogP contribution in [0.1, 0.15) is 25.7 Å². The van der Waals surface area contributed by atoms with Crippen LogP contribution in [0.3, 0.4) is 0 Å². The standard InChI is InChI=1S/C12H16O4/c1-15-11(13)7-5-3-2-4-6-10-8-12(14)16-9-10/h5,7-8H,2-4,6,9H2,1H3/b7-5-. The molecular formula is C12H16O4. The molecule has 4 nitrogen and oxygen atoms in total. The van der Waals surface area contributed by atoms with E-state index in [0.29, 0.717) is 6.61 Å². The third kappa shape index (κ3) is 4.77. The van der Waals surface area contributed by atoms with E-state index in [0.717, 1.165) is 31.3 Å². The highest BCUT2D eigenvalue weighted by Gasteiger charge is 2.11. The lowest BCUT2D eigenvalue weighted by Crippen LogP contribution is -1.93. The molecule has 16 heavy (non-hydrogen) atoms. The van der Waals surface area contributed by atoms with Gasteiger partial charge in [0.15, 0.2) is 0 Å². The first kappa shape index (κ1) is 12.5.